The maximum atomic E-state index is 13.0. The van der Waals surface area contributed by atoms with Crippen LogP contribution in [0.2, 0.25) is 0 Å². The average molecular weight is 452 g/mol. The second-order valence-corrected chi connectivity index (χ2v) is 9.36. The second kappa shape index (κ2) is 9.80. The van der Waals surface area contributed by atoms with Gasteiger partial charge < -0.3 is 15.5 Å². The van der Waals surface area contributed by atoms with Crippen molar-refractivity contribution in [3.05, 3.63) is 84.7 Å². The van der Waals surface area contributed by atoms with E-state index in [0.717, 1.165) is 11.3 Å². The molecule has 0 bridgehead atoms. The van der Waals surface area contributed by atoms with Gasteiger partial charge in [0.1, 0.15) is 0 Å². The Bertz CT molecular complexity index is 1130. The van der Waals surface area contributed by atoms with Crippen LogP contribution in [0.3, 0.4) is 0 Å². The van der Waals surface area contributed by atoms with E-state index in [0.29, 0.717) is 38.4 Å². The van der Waals surface area contributed by atoms with Gasteiger partial charge in [-0.25, -0.2) is 13.2 Å². The molecule has 8 nitrogen and oxygen atoms in total. The van der Waals surface area contributed by atoms with Crippen LogP contribution in [0, 0.1) is 0 Å². The van der Waals surface area contributed by atoms with Gasteiger partial charge in [-0.3, -0.25) is 4.98 Å². The monoisotopic (exact) mass is 451 g/mol. The number of piperazine rings is 1. The van der Waals surface area contributed by atoms with Crippen LogP contribution in [0.25, 0.3) is 0 Å². The number of hydrogen-bond donors (Lipinski definition) is 2. The third-order valence-corrected chi connectivity index (χ3v) is 7.20. The molecule has 0 radical (unpaired) electrons. The third-order valence-electron chi connectivity index (χ3n) is 5.29. The SMILES string of the molecule is O=C(NCc1cccnc1)Nc1ccc(S(=O)(=O)N2CCN(c3ccccc3)CC2)cc1. The summed E-state index contributed by atoms with van der Waals surface area (Å²) >= 11 is 0. The first kappa shape index (κ1) is 21.8. The van der Waals surface area contributed by atoms with Gasteiger partial charge in [-0.05, 0) is 48.0 Å². The summed E-state index contributed by atoms with van der Waals surface area (Å²) in [6.45, 7) is 2.48. The fourth-order valence-electron chi connectivity index (χ4n) is 3.55. The number of nitrogens with one attached hydrogen (secondary N) is 2. The predicted octanol–water partition coefficient (Wildman–Crippen LogP) is 2.91. The highest BCUT2D eigenvalue weighted by Gasteiger charge is 2.28. The van der Waals surface area contributed by atoms with Gasteiger partial charge in [0.05, 0.1) is 4.90 Å². The van der Waals surface area contributed by atoms with E-state index in [-0.39, 0.29) is 10.9 Å². The molecule has 4 rings (SSSR count). The Morgan fingerprint density at radius 1 is 0.906 bits per heavy atom. The van der Waals surface area contributed by atoms with Crippen molar-refractivity contribution in [2.24, 2.45) is 0 Å². The minimum absolute atomic E-state index is 0.215. The number of carbonyl (C=O) groups excluding carboxylic acids is 1. The lowest BCUT2D eigenvalue weighted by atomic mass is 10.2. The van der Waals surface area contributed by atoms with E-state index in [4.69, 9.17) is 0 Å². The molecule has 166 valence electrons. The molecule has 0 atom stereocenters. The van der Waals surface area contributed by atoms with Crippen molar-refractivity contribution in [1.82, 2.24) is 14.6 Å². The lowest BCUT2D eigenvalue weighted by Crippen LogP contribution is -2.48. The zero-order chi connectivity index (χ0) is 22.4. The summed E-state index contributed by atoms with van der Waals surface area (Å²) in [6.07, 6.45) is 3.35. The summed E-state index contributed by atoms with van der Waals surface area (Å²) in [5.74, 6) is 0. The van der Waals surface area contributed by atoms with E-state index < -0.39 is 10.0 Å². The zero-order valence-corrected chi connectivity index (χ0v) is 18.3. The number of hydrogen-bond acceptors (Lipinski definition) is 5. The van der Waals surface area contributed by atoms with Crippen LogP contribution in [0.5, 0.6) is 0 Å². The van der Waals surface area contributed by atoms with Gasteiger partial charge in [0.2, 0.25) is 10.0 Å². The molecule has 1 saturated heterocycles. The Hall–Kier alpha value is -3.43. The predicted molar refractivity (Wildman–Crippen MR) is 124 cm³/mol. The topological polar surface area (TPSA) is 94.6 Å². The summed E-state index contributed by atoms with van der Waals surface area (Å²) < 4.78 is 27.6. The molecule has 1 aliphatic heterocycles. The Morgan fingerprint density at radius 2 is 1.62 bits per heavy atom. The van der Waals surface area contributed by atoms with E-state index in [1.54, 1.807) is 30.6 Å². The van der Waals surface area contributed by atoms with Crippen molar-refractivity contribution in [1.29, 1.82) is 0 Å². The number of pyridine rings is 1. The molecule has 0 aliphatic carbocycles. The highest BCUT2D eigenvalue weighted by atomic mass is 32.2. The van der Waals surface area contributed by atoms with Crippen molar-refractivity contribution in [2.75, 3.05) is 36.4 Å². The van der Waals surface area contributed by atoms with E-state index in [9.17, 15) is 13.2 Å². The van der Waals surface area contributed by atoms with Crippen molar-refractivity contribution in [2.45, 2.75) is 11.4 Å². The molecule has 2 heterocycles. The molecule has 2 amide bonds. The van der Waals surface area contributed by atoms with Crippen molar-refractivity contribution in [3.8, 4) is 0 Å². The first-order valence-electron chi connectivity index (χ1n) is 10.4. The Kier molecular flexibility index (Phi) is 6.67. The lowest BCUT2D eigenvalue weighted by molar-refractivity contribution is 0.251. The number of aromatic nitrogens is 1. The number of carbonyl (C=O) groups is 1. The number of amides is 2. The minimum atomic E-state index is -3.59. The number of para-hydroxylation sites is 1. The number of urea groups is 1. The molecule has 2 aromatic carbocycles. The number of benzene rings is 2. The molecule has 3 aromatic rings. The van der Waals surface area contributed by atoms with Crippen LogP contribution in [0.15, 0.2) is 84.0 Å². The molecule has 1 aromatic heterocycles. The van der Waals surface area contributed by atoms with E-state index in [1.165, 1.54) is 16.4 Å². The Balaban J connectivity index is 1.32. The third kappa shape index (κ3) is 5.24. The van der Waals surface area contributed by atoms with Crippen LogP contribution in [-0.4, -0.2) is 49.9 Å². The second-order valence-electron chi connectivity index (χ2n) is 7.42. The molecule has 2 N–H and O–H groups in total. The molecule has 32 heavy (non-hydrogen) atoms. The summed E-state index contributed by atoms with van der Waals surface area (Å²) in [7, 11) is -3.59. The summed E-state index contributed by atoms with van der Waals surface area (Å²) in [5, 5.41) is 5.45. The summed E-state index contributed by atoms with van der Waals surface area (Å²) in [6, 6.07) is 19.5. The largest absolute Gasteiger partial charge is 0.369 e. The maximum Gasteiger partial charge on any atom is 0.319 e. The van der Waals surface area contributed by atoms with Gasteiger partial charge >= 0.3 is 6.03 Å². The van der Waals surface area contributed by atoms with Gasteiger partial charge in [0.25, 0.3) is 0 Å². The highest BCUT2D eigenvalue weighted by molar-refractivity contribution is 7.89. The number of nitrogens with zero attached hydrogens (tertiary/aromatic N) is 3. The normalized spacial score (nSPS) is 14.7. The Morgan fingerprint density at radius 3 is 2.28 bits per heavy atom. The number of rotatable bonds is 6. The van der Waals surface area contributed by atoms with E-state index in [2.05, 4.69) is 20.5 Å². The minimum Gasteiger partial charge on any atom is -0.369 e. The molecular weight excluding hydrogens is 426 g/mol. The molecule has 1 aliphatic rings. The fourth-order valence-corrected chi connectivity index (χ4v) is 4.97. The van der Waals surface area contributed by atoms with Gasteiger partial charge in [-0.2, -0.15) is 4.31 Å². The van der Waals surface area contributed by atoms with Crippen molar-refractivity contribution in [3.63, 3.8) is 0 Å². The fraction of sp³-hybridized carbons (Fsp3) is 0.217. The molecule has 0 unspecified atom stereocenters. The van der Waals surface area contributed by atoms with Crippen LogP contribution < -0.4 is 15.5 Å². The lowest BCUT2D eigenvalue weighted by Gasteiger charge is -2.35. The van der Waals surface area contributed by atoms with Gasteiger partial charge in [0.15, 0.2) is 0 Å². The molecule has 0 saturated carbocycles. The molecule has 9 heteroatoms. The number of anilines is 2. The first-order chi connectivity index (χ1) is 15.5. The van der Waals surface area contributed by atoms with Crippen molar-refractivity contribution >= 4 is 27.4 Å². The average Bonchev–Trinajstić information content (AvgIpc) is 2.84. The first-order valence-corrected chi connectivity index (χ1v) is 11.8. The van der Waals surface area contributed by atoms with Crippen LogP contribution in [-0.2, 0) is 16.6 Å². The van der Waals surface area contributed by atoms with Crippen LogP contribution in [0.1, 0.15) is 5.56 Å². The van der Waals surface area contributed by atoms with Crippen LogP contribution in [0.4, 0.5) is 16.2 Å². The molecule has 1 fully saturated rings. The zero-order valence-electron chi connectivity index (χ0n) is 17.5. The maximum absolute atomic E-state index is 13.0. The van der Waals surface area contributed by atoms with Gasteiger partial charge in [-0.1, -0.05) is 24.3 Å². The summed E-state index contributed by atoms with van der Waals surface area (Å²) in [5.41, 5.74) is 2.50. The molecule has 0 spiro atoms. The van der Waals surface area contributed by atoms with Crippen molar-refractivity contribution < 1.29 is 13.2 Å². The van der Waals surface area contributed by atoms with Crippen LogP contribution >= 0.6 is 0 Å². The quantitative estimate of drug-likeness (QED) is 0.601. The summed E-state index contributed by atoms with van der Waals surface area (Å²) in [4.78, 5) is 18.5. The standard InChI is InChI=1S/C23H25N5O3S/c29-23(25-18-19-5-4-12-24-17-19)26-20-8-10-22(11-9-20)32(30,31)28-15-13-27(14-16-28)21-6-2-1-3-7-21/h1-12,17H,13-16,18H2,(H2,25,26,29). The smallest absolute Gasteiger partial charge is 0.319 e. The van der Waals surface area contributed by atoms with Gasteiger partial charge in [0, 0.05) is 56.5 Å². The number of sulfonamides is 1. The van der Waals surface area contributed by atoms with E-state index >= 15 is 0 Å². The molecular formula is C23H25N5O3S. The van der Waals surface area contributed by atoms with E-state index in [1.807, 2.05) is 36.4 Å². The Labute approximate surface area is 187 Å². The van der Waals surface area contributed by atoms with Gasteiger partial charge in [-0.15, -0.1) is 0 Å². The highest BCUT2D eigenvalue weighted by Crippen LogP contribution is 2.22.